The van der Waals surface area contributed by atoms with Crippen molar-refractivity contribution in [2.75, 3.05) is 24.6 Å². The van der Waals surface area contributed by atoms with E-state index < -0.39 is 12.0 Å². The fourth-order valence-corrected chi connectivity index (χ4v) is 1.67. The molecule has 0 aromatic heterocycles. The minimum Gasteiger partial charge on any atom is -0.480 e. The second kappa shape index (κ2) is 8.98. The molecule has 14 heavy (non-hydrogen) atoms. The quantitative estimate of drug-likeness (QED) is 0.317. The van der Waals surface area contributed by atoms with E-state index >= 15 is 0 Å². The fourth-order valence-electron chi connectivity index (χ4n) is 0.754. The first-order valence-corrected chi connectivity index (χ1v) is 5.59. The minimum atomic E-state index is -0.937. The normalized spacial score (nSPS) is 12.4. The van der Waals surface area contributed by atoms with E-state index in [9.17, 15) is 4.79 Å². The molecular formula is C8H17N3O2S. The molecule has 0 bridgehead atoms. The van der Waals surface area contributed by atoms with Crippen molar-refractivity contribution < 1.29 is 9.90 Å². The van der Waals surface area contributed by atoms with Crippen molar-refractivity contribution in [2.45, 2.75) is 12.5 Å². The molecule has 6 heteroatoms. The number of aliphatic carboxylic acids is 1. The molecule has 0 radical (unpaired) electrons. The summed E-state index contributed by atoms with van der Waals surface area (Å²) in [4.78, 5) is 10.3. The maximum atomic E-state index is 10.3. The van der Waals surface area contributed by atoms with Crippen molar-refractivity contribution in [3.8, 4) is 0 Å². The summed E-state index contributed by atoms with van der Waals surface area (Å²) >= 11 is 1.67. The van der Waals surface area contributed by atoms with E-state index in [4.69, 9.17) is 16.2 Å². The highest BCUT2D eigenvalue weighted by molar-refractivity contribution is 7.99. The first-order valence-electron chi connectivity index (χ1n) is 4.44. The van der Waals surface area contributed by atoms with Crippen LogP contribution in [-0.4, -0.2) is 47.9 Å². The molecule has 0 amide bonds. The molecule has 5 nitrogen and oxygen atoms in total. The zero-order valence-corrected chi connectivity index (χ0v) is 8.85. The Kier molecular flexibility index (Phi) is 8.61. The number of hydrogen-bond donors (Lipinski definition) is 4. The zero-order chi connectivity index (χ0) is 10.8. The zero-order valence-electron chi connectivity index (χ0n) is 8.03. The molecule has 0 aliphatic rings. The molecule has 0 aliphatic carbocycles. The van der Waals surface area contributed by atoms with Crippen molar-refractivity contribution in [3.63, 3.8) is 0 Å². The average molecular weight is 219 g/mol. The van der Waals surface area contributed by atoms with Crippen LogP contribution in [0.2, 0.25) is 0 Å². The molecule has 1 atom stereocenters. The Morgan fingerprint density at radius 3 is 2.93 bits per heavy atom. The standard InChI is InChI=1S/C8H17N3O2S/c9-2-3-11-4-6-14-5-1-7(10)8(12)13/h2,7,9,11H,1,3-6,10H2,(H,12,13). The Morgan fingerprint density at radius 1 is 1.64 bits per heavy atom. The fraction of sp³-hybridized carbons (Fsp3) is 0.750. The lowest BCUT2D eigenvalue weighted by Gasteiger charge is -2.05. The van der Waals surface area contributed by atoms with Crippen LogP contribution < -0.4 is 11.1 Å². The Bertz CT molecular complexity index is 178. The van der Waals surface area contributed by atoms with E-state index in [2.05, 4.69) is 5.32 Å². The van der Waals surface area contributed by atoms with Crippen molar-refractivity contribution in [1.82, 2.24) is 5.32 Å². The summed E-state index contributed by atoms with van der Waals surface area (Å²) in [6, 6.07) is -0.739. The van der Waals surface area contributed by atoms with Gasteiger partial charge in [0.05, 0.1) is 0 Å². The number of rotatable bonds is 9. The van der Waals surface area contributed by atoms with Gasteiger partial charge in [0, 0.05) is 25.1 Å². The summed E-state index contributed by atoms with van der Waals surface area (Å²) in [6.07, 6.45) is 1.82. The topological polar surface area (TPSA) is 99.2 Å². The smallest absolute Gasteiger partial charge is 0.320 e. The largest absolute Gasteiger partial charge is 0.480 e. The lowest BCUT2D eigenvalue weighted by atomic mass is 10.2. The molecule has 0 saturated heterocycles. The van der Waals surface area contributed by atoms with Crippen LogP contribution in [0.1, 0.15) is 6.42 Å². The minimum absolute atomic E-state index is 0.505. The third-order valence-electron chi connectivity index (χ3n) is 1.56. The number of carbonyl (C=O) groups is 1. The predicted molar refractivity (Wildman–Crippen MR) is 59.2 cm³/mol. The molecule has 0 spiro atoms. The van der Waals surface area contributed by atoms with Gasteiger partial charge in [-0.2, -0.15) is 11.8 Å². The van der Waals surface area contributed by atoms with Gasteiger partial charge >= 0.3 is 5.97 Å². The highest BCUT2D eigenvalue weighted by atomic mass is 32.2. The number of thioether (sulfide) groups is 1. The number of nitrogens with two attached hydrogens (primary N) is 1. The highest BCUT2D eigenvalue weighted by Gasteiger charge is 2.09. The van der Waals surface area contributed by atoms with E-state index in [1.807, 2.05) is 0 Å². The summed E-state index contributed by atoms with van der Waals surface area (Å²) < 4.78 is 0. The molecule has 5 N–H and O–H groups in total. The maximum Gasteiger partial charge on any atom is 0.320 e. The van der Waals surface area contributed by atoms with Crippen molar-refractivity contribution >= 4 is 23.9 Å². The van der Waals surface area contributed by atoms with Gasteiger partial charge in [-0.3, -0.25) is 4.79 Å². The van der Waals surface area contributed by atoms with Gasteiger partial charge in [0.2, 0.25) is 0 Å². The average Bonchev–Trinajstić information content (AvgIpc) is 2.16. The lowest BCUT2D eigenvalue weighted by molar-refractivity contribution is -0.138. The summed E-state index contributed by atoms with van der Waals surface area (Å²) in [5.74, 6) is 0.743. The molecule has 0 heterocycles. The van der Waals surface area contributed by atoms with Crippen LogP contribution >= 0.6 is 11.8 Å². The van der Waals surface area contributed by atoms with E-state index in [0.717, 1.165) is 18.1 Å². The van der Waals surface area contributed by atoms with E-state index in [-0.39, 0.29) is 0 Å². The maximum absolute atomic E-state index is 10.3. The molecular weight excluding hydrogens is 202 g/mol. The first-order chi connectivity index (χ1) is 6.68. The molecule has 0 saturated carbocycles. The van der Waals surface area contributed by atoms with Crippen molar-refractivity contribution in [1.29, 1.82) is 5.41 Å². The first kappa shape index (κ1) is 13.4. The van der Waals surface area contributed by atoms with Crippen LogP contribution in [0.15, 0.2) is 0 Å². The Balaban J connectivity index is 3.13. The summed E-state index contributed by atoms with van der Waals surface area (Å²) in [7, 11) is 0. The second-order valence-electron chi connectivity index (χ2n) is 2.75. The third kappa shape index (κ3) is 8.03. The summed E-state index contributed by atoms with van der Waals surface area (Å²) in [5, 5.41) is 18.3. The molecule has 1 unspecified atom stereocenters. The number of nitrogens with one attached hydrogen (secondary N) is 2. The van der Waals surface area contributed by atoms with Crippen LogP contribution in [0.5, 0.6) is 0 Å². The van der Waals surface area contributed by atoms with Gasteiger partial charge in [0.1, 0.15) is 6.04 Å². The van der Waals surface area contributed by atoms with Crippen LogP contribution in [0.3, 0.4) is 0 Å². The van der Waals surface area contributed by atoms with Crippen molar-refractivity contribution in [3.05, 3.63) is 0 Å². The number of carboxylic acid groups (broad SMARTS) is 1. The van der Waals surface area contributed by atoms with Crippen LogP contribution in [0, 0.1) is 5.41 Å². The number of hydrogen-bond acceptors (Lipinski definition) is 5. The molecule has 0 rings (SSSR count). The molecule has 0 aromatic rings. The Labute approximate surface area is 87.9 Å². The number of carboxylic acids is 1. The van der Waals surface area contributed by atoms with Gasteiger partial charge in [0.25, 0.3) is 0 Å². The summed E-state index contributed by atoms with van der Waals surface area (Å²) in [5.41, 5.74) is 5.32. The van der Waals surface area contributed by atoms with Gasteiger partial charge in [-0.05, 0) is 12.2 Å². The molecule has 0 fully saturated rings. The van der Waals surface area contributed by atoms with Crippen LogP contribution in [0.25, 0.3) is 0 Å². The SMILES string of the molecule is N=CCNCCSCCC(N)C(=O)O. The Hall–Kier alpha value is -0.590. The van der Waals surface area contributed by atoms with Gasteiger partial charge in [-0.25, -0.2) is 0 Å². The van der Waals surface area contributed by atoms with Gasteiger partial charge in [0.15, 0.2) is 0 Å². The Morgan fingerprint density at radius 2 is 2.36 bits per heavy atom. The van der Waals surface area contributed by atoms with Crippen molar-refractivity contribution in [2.24, 2.45) is 5.73 Å². The monoisotopic (exact) mass is 219 g/mol. The van der Waals surface area contributed by atoms with Gasteiger partial charge in [-0.1, -0.05) is 0 Å². The van der Waals surface area contributed by atoms with E-state index in [1.165, 1.54) is 6.21 Å². The van der Waals surface area contributed by atoms with E-state index in [1.54, 1.807) is 11.8 Å². The third-order valence-corrected chi connectivity index (χ3v) is 2.58. The predicted octanol–water partition coefficient (Wildman–Crippen LogP) is -0.239. The van der Waals surface area contributed by atoms with Crippen LogP contribution in [-0.2, 0) is 4.79 Å². The lowest BCUT2D eigenvalue weighted by Crippen LogP contribution is -2.30. The molecule has 0 aromatic carbocycles. The van der Waals surface area contributed by atoms with Crippen LogP contribution in [0.4, 0.5) is 0 Å². The summed E-state index contributed by atoms with van der Waals surface area (Å²) in [6.45, 7) is 1.43. The van der Waals surface area contributed by atoms with E-state index in [0.29, 0.717) is 13.0 Å². The van der Waals surface area contributed by atoms with Gasteiger partial charge in [-0.15, -0.1) is 0 Å². The van der Waals surface area contributed by atoms with Gasteiger partial charge < -0.3 is 21.6 Å². The molecule has 82 valence electrons. The molecule has 0 aliphatic heterocycles. The second-order valence-corrected chi connectivity index (χ2v) is 3.98. The highest BCUT2D eigenvalue weighted by Crippen LogP contribution is 2.02.